The Hall–Kier alpha value is -3.10. The summed E-state index contributed by atoms with van der Waals surface area (Å²) in [6.45, 7) is 3.66. The van der Waals surface area contributed by atoms with Crippen molar-refractivity contribution >= 4 is 17.3 Å². The average Bonchev–Trinajstić information content (AvgIpc) is 2.53. The van der Waals surface area contributed by atoms with Gasteiger partial charge in [-0.3, -0.25) is 14.9 Å². The number of carbonyl (C=O) groups excluding carboxylic acids is 1. The summed E-state index contributed by atoms with van der Waals surface area (Å²) in [5, 5.41) is 12.9. The van der Waals surface area contributed by atoms with E-state index < -0.39 is 39.5 Å². The number of nitrogens with one attached hydrogen (secondary N) is 1. The van der Waals surface area contributed by atoms with Crippen LogP contribution >= 0.6 is 0 Å². The fourth-order valence-electron chi connectivity index (χ4n) is 1.98. The molecule has 9 heteroatoms. The van der Waals surface area contributed by atoms with E-state index in [1.165, 1.54) is 12.1 Å². The van der Waals surface area contributed by atoms with E-state index in [1.807, 2.05) is 13.8 Å². The number of nitrogens with zero attached hydrogens (tertiary/aromatic N) is 1. The summed E-state index contributed by atoms with van der Waals surface area (Å²) in [4.78, 5) is 21.5. The second-order valence-corrected chi connectivity index (χ2v) is 5.29. The quantitative estimate of drug-likeness (QED) is 0.499. The molecular formula is C16H13F3N2O4. The lowest BCUT2D eigenvalue weighted by Crippen LogP contribution is -2.16. The Labute approximate surface area is 140 Å². The maximum Gasteiger partial charge on any atom is 0.308 e. The van der Waals surface area contributed by atoms with Crippen molar-refractivity contribution in [3.05, 3.63) is 63.5 Å². The second-order valence-electron chi connectivity index (χ2n) is 5.29. The molecule has 2 aromatic rings. The summed E-state index contributed by atoms with van der Waals surface area (Å²) < 4.78 is 45.9. The molecule has 0 aliphatic heterocycles. The van der Waals surface area contributed by atoms with Crippen LogP contribution in [0.1, 0.15) is 24.2 Å². The van der Waals surface area contributed by atoms with Crippen molar-refractivity contribution in [2.75, 3.05) is 5.32 Å². The van der Waals surface area contributed by atoms with Crippen LogP contribution in [0.25, 0.3) is 0 Å². The minimum Gasteiger partial charge on any atom is -0.491 e. The van der Waals surface area contributed by atoms with Gasteiger partial charge in [-0.25, -0.2) is 8.78 Å². The molecular weight excluding hydrogens is 341 g/mol. The fraction of sp³-hybridized carbons (Fsp3) is 0.188. The lowest BCUT2D eigenvalue weighted by atomic mass is 10.1. The van der Waals surface area contributed by atoms with Gasteiger partial charge < -0.3 is 10.1 Å². The standard InChI is InChI=1S/C16H13F3N2O4/c1-8(2)25-10-5-3-9(4-6-10)20-16(22)11-7-12(21(23)24)14(18)15(19)13(11)17/h3-8H,1-2H3,(H,20,22). The minimum absolute atomic E-state index is 0.0581. The smallest absolute Gasteiger partial charge is 0.308 e. The Morgan fingerprint density at radius 3 is 2.24 bits per heavy atom. The van der Waals surface area contributed by atoms with E-state index in [0.717, 1.165) is 0 Å². The van der Waals surface area contributed by atoms with E-state index in [1.54, 1.807) is 12.1 Å². The highest BCUT2D eigenvalue weighted by molar-refractivity contribution is 6.04. The summed E-state index contributed by atoms with van der Waals surface area (Å²) >= 11 is 0. The number of hydrogen-bond donors (Lipinski definition) is 1. The number of rotatable bonds is 5. The maximum atomic E-state index is 13.7. The molecule has 0 fully saturated rings. The predicted octanol–water partition coefficient (Wildman–Crippen LogP) is 4.05. The second kappa shape index (κ2) is 7.20. The maximum absolute atomic E-state index is 13.7. The fourth-order valence-corrected chi connectivity index (χ4v) is 1.98. The van der Waals surface area contributed by atoms with Gasteiger partial charge in [0.25, 0.3) is 5.91 Å². The largest absolute Gasteiger partial charge is 0.491 e. The number of ether oxygens (including phenoxy) is 1. The minimum atomic E-state index is -2.08. The van der Waals surface area contributed by atoms with Crippen LogP contribution in [0.2, 0.25) is 0 Å². The first-order valence-electron chi connectivity index (χ1n) is 7.10. The molecule has 25 heavy (non-hydrogen) atoms. The molecule has 1 N–H and O–H groups in total. The number of benzene rings is 2. The highest BCUT2D eigenvalue weighted by Gasteiger charge is 2.28. The number of carbonyl (C=O) groups is 1. The van der Waals surface area contributed by atoms with E-state index >= 15 is 0 Å². The molecule has 0 heterocycles. The first-order valence-corrected chi connectivity index (χ1v) is 7.10. The van der Waals surface area contributed by atoms with Gasteiger partial charge in [-0.2, -0.15) is 4.39 Å². The van der Waals surface area contributed by atoms with Crippen molar-refractivity contribution in [3.63, 3.8) is 0 Å². The molecule has 0 atom stereocenters. The van der Waals surface area contributed by atoms with E-state index in [4.69, 9.17) is 4.74 Å². The number of hydrogen-bond acceptors (Lipinski definition) is 4. The molecule has 0 aromatic heterocycles. The van der Waals surface area contributed by atoms with Crippen molar-refractivity contribution in [1.82, 2.24) is 0 Å². The zero-order valence-corrected chi connectivity index (χ0v) is 13.2. The van der Waals surface area contributed by atoms with Crippen LogP contribution in [0.3, 0.4) is 0 Å². The summed E-state index contributed by atoms with van der Waals surface area (Å²) in [6.07, 6.45) is -0.0581. The number of halogens is 3. The van der Waals surface area contributed by atoms with Crippen LogP contribution in [-0.4, -0.2) is 16.9 Å². The zero-order valence-electron chi connectivity index (χ0n) is 13.2. The average molecular weight is 354 g/mol. The van der Waals surface area contributed by atoms with Crippen LogP contribution in [0.5, 0.6) is 5.75 Å². The van der Waals surface area contributed by atoms with Gasteiger partial charge in [0.2, 0.25) is 11.6 Å². The van der Waals surface area contributed by atoms with Crippen molar-refractivity contribution in [2.24, 2.45) is 0 Å². The molecule has 0 unspecified atom stereocenters. The van der Waals surface area contributed by atoms with Gasteiger partial charge in [0, 0.05) is 11.8 Å². The molecule has 0 saturated carbocycles. The molecule has 6 nitrogen and oxygen atoms in total. The Morgan fingerprint density at radius 1 is 1.12 bits per heavy atom. The van der Waals surface area contributed by atoms with Gasteiger partial charge in [0.1, 0.15) is 5.75 Å². The number of nitro groups is 1. The Balaban J connectivity index is 2.28. The van der Waals surface area contributed by atoms with Gasteiger partial charge in [0.15, 0.2) is 5.82 Å². The lowest BCUT2D eigenvalue weighted by Gasteiger charge is -2.11. The molecule has 132 valence electrons. The summed E-state index contributed by atoms with van der Waals surface area (Å²) in [5.41, 5.74) is -2.09. The number of amides is 1. The predicted molar refractivity (Wildman–Crippen MR) is 83.1 cm³/mol. The van der Waals surface area contributed by atoms with Gasteiger partial charge >= 0.3 is 5.69 Å². The Bertz CT molecular complexity index is 823. The SMILES string of the molecule is CC(C)Oc1ccc(NC(=O)c2cc([N+](=O)[O-])c(F)c(F)c2F)cc1. The van der Waals surface area contributed by atoms with Crippen molar-refractivity contribution < 1.29 is 27.6 Å². The molecule has 0 aliphatic carbocycles. The molecule has 1 amide bonds. The van der Waals surface area contributed by atoms with Crippen LogP contribution in [0.15, 0.2) is 30.3 Å². The molecule has 0 radical (unpaired) electrons. The topological polar surface area (TPSA) is 81.5 Å². The highest BCUT2D eigenvalue weighted by Crippen LogP contribution is 2.26. The Morgan fingerprint density at radius 2 is 1.72 bits per heavy atom. The molecule has 0 aliphatic rings. The summed E-state index contributed by atoms with van der Waals surface area (Å²) in [6, 6.07) is 6.32. The lowest BCUT2D eigenvalue weighted by molar-refractivity contribution is -0.387. The number of nitro benzene ring substituents is 1. The molecule has 0 saturated heterocycles. The van der Waals surface area contributed by atoms with Crippen LogP contribution < -0.4 is 10.1 Å². The Kier molecular flexibility index (Phi) is 5.26. The third-order valence-electron chi connectivity index (χ3n) is 3.05. The first-order chi connectivity index (χ1) is 11.7. The molecule has 2 rings (SSSR count). The van der Waals surface area contributed by atoms with Crippen molar-refractivity contribution in [1.29, 1.82) is 0 Å². The molecule has 0 spiro atoms. The van der Waals surface area contributed by atoms with Crippen molar-refractivity contribution in [2.45, 2.75) is 20.0 Å². The van der Waals surface area contributed by atoms with Gasteiger partial charge in [-0.1, -0.05) is 0 Å². The molecule has 2 aromatic carbocycles. The van der Waals surface area contributed by atoms with Gasteiger partial charge in [-0.15, -0.1) is 0 Å². The van der Waals surface area contributed by atoms with E-state index in [-0.39, 0.29) is 11.8 Å². The van der Waals surface area contributed by atoms with Crippen LogP contribution in [0, 0.1) is 27.6 Å². The third-order valence-corrected chi connectivity index (χ3v) is 3.05. The van der Waals surface area contributed by atoms with Gasteiger partial charge in [-0.05, 0) is 38.1 Å². The monoisotopic (exact) mass is 354 g/mol. The van der Waals surface area contributed by atoms with E-state index in [0.29, 0.717) is 11.8 Å². The third kappa shape index (κ3) is 4.06. The first kappa shape index (κ1) is 18.2. The zero-order chi connectivity index (χ0) is 18.7. The van der Waals surface area contributed by atoms with Crippen LogP contribution in [-0.2, 0) is 0 Å². The molecule has 0 bridgehead atoms. The summed E-state index contributed by atoms with van der Waals surface area (Å²) in [7, 11) is 0. The normalized spacial score (nSPS) is 10.6. The van der Waals surface area contributed by atoms with Crippen LogP contribution in [0.4, 0.5) is 24.5 Å². The van der Waals surface area contributed by atoms with Gasteiger partial charge in [0.05, 0.1) is 16.6 Å². The highest BCUT2D eigenvalue weighted by atomic mass is 19.2. The summed E-state index contributed by atoms with van der Waals surface area (Å²) in [5.74, 6) is -6.48. The number of anilines is 1. The van der Waals surface area contributed by atoms with Crippen molar-refractivity contribution in [3.8, 4) is 5.75 Å². The van der Waals surface area contributed by atoms with E-state index in [2.05, 4.69) is 5.32 Å². The van der Waals surface area contributed by atoms with E-state index in [9.17, 15) is 28.1 Å².